The van der Waals surface area contributed by atoms with Gasteiger partial charge in [0, 0.05) is 32.8 Å². The van der Waals surface area contributed by atoms with Crippen LogP contribution in [0, 0.1) is 11.3 Å². The molecule has 0 aromatic heterocycles. The average Bonchev–Trinajstić information content (AvgIpc) is 2.63. The first-order chi connectivity index (χ1) is 11.6. The summed E-state index contributed by atoms with van der Waals surface area (Å²) in [6, 6.07) is 0. The Morgan fingerprint density at radius 2 is 1.96 bits per heavy atom. The Balaban J connectivity index is 2.58. The molecule has 0 bridgehead atoms. The van der Waals surface area contributed by atoms with Crippen LogP contribution in [-0.4, -0.2) is 61.8 Å². The standard InChI is InChI=1S/C19H40N4O/c1-5-19(6-2,11-13-24)16-22-18(20-7-3)21-14-17-10-9-12-23(8-4)15-17/h17,24H,5-16H2,1-4H3,(H2,20,21,22). The number of aliphatic imine (C=N–C) groups is 1. The zero-order valence-corrected chi connectivity index (χ0v) is 16.4. The Labute approximate surface area is 149 Å². The topological polar surface area (TPSA) is 59.9 Å². The van der Waals surface area contributed by atoms with Crippen molar-refractivity contribution in [2.24, 2.45) is 16.3 Å². The van der Waals surface area contributed by atoms with E-state index < -0.39 is 0 Å². The lowest BCUT2D eigenvalue weighted by Gasteiger charge is -2.32. The molecule has 0 radical (unpaired) electrons. The molecular weight excluding hydrogens is 300 g/mol. The van der Waals surface area contributed by atoms with Gasteiger partial charge in [-0.15, -0.1) is 0 Å². The molecule has 1 aliphatic rings. The second-order valence-corrected chi connectivity index (χ2v) is 7.16. The molecular formula is C19H40N4O. The lowest BCUT2D eigenvalue weighted by atomic mass is 9.79. The van der Waals surface area contributed by atoms with E-state index in [0.29, 0.717) is 5.92 Å². The fourth-order valence-corrected chi connectivity index (χ4v) is 3.58. The van der Waals surface area contributed by atoms with Gasteiger partial charge in [-0.3, -0.25) is 4.99 Å². The van der Waals surface area contributed by atoms with Crippen molar-refractivity contribution in [2.45, 2.75) is 59.8 Å². The quantitative estimate of drug-likeness (QED) is 0.422. The predicted octanol–water partition coefficient (Wildman–Crippen LogP) is 2.46. The predicted molar refractivity (Wildman–Crippen MR) is 104 cm³/mol. The molecule has 3 N–H and O–H groups in total. The number of aliphatic hydroxyl groups excluding tert-OH is 1. The molecule has 1 unspecified atom stereocenters. The third kappa shape index (κ3) is 6.98. The van der Waals surface area contributed by atoms with Gasteiger partial charge in [0.15, 0.2) is 5.96 Å². The van der Waals surface area contributed by atoms with E-state index in [0.717, 1.165) is 51.4 Å². The highest BCUT2D eigenvalue weighted by Crippen LogP contribution is 2.30. The minimum Gasteiger partial charge on any atom is -0.396 e. The van der Waals surface area contributed by atoms with Crippen LogP contribution in [0.5, 0.6) is 0 Å². The molecule has 0 aromatic rings. The first kappa shape index (κ1) is 21.2. The first-order valence-electron chi connectivity index (χ1n) is 9.98. The number of aliphatic hydroxyl groups is 1. The van der Waals surface area contributed by atoms with Crippen molar-refractivity contribution >= 4 is 5.96 Å². The van der Waals surface area contributed by atoms with E-state index in [4.69, 9.17) is 4.99 Å². The van der Waals surface area contributed by atoms with Gasteiger partial charge < -0.3 is 20.6 Å². The number of hydrogen-bond donors (Lipinski definition) is 3. The van der Waals surface area contributed by atoms with Crippen molar-refractivity contribution in [3.8, 4) is 0 Å². The van der Waals surface area contributed by atoms with E-state index in [1.807, 2.05) is 0 Å². The van der Waals surface area contributed by atoms with Gasteiger partial charge in [0.05, 0.1) is 0 Å². The van der Waals surface area contributed by atoms with Crippen molar-refractivity contribution in [3.63, 3.8) is 0 Å². The largest absolute Gasteiger partial charge is 0.396 e. The van der Waals surface area contributed by atoms with E-state index in [2.05, 4.69) is 43.2 Å². The summed E-state index contributed by atoms with van der Waals surface area (Å²) in [6.45, 7) is 15.3. The minimum absolute atomic E-state index is 0.126. The Morgan fingerprint density at radius 3 is 2.54 bits per heavy atom. The number of likely N-dealkylation sites (tertiary alicyclic amines) is 1. The summed E-state index contributed by atoms with van der Waals surface area (Å²) in [5, 5.41) is 16.3. The molecule has 0 saturated carbocycles. The highest BCUT2D eigenvalue weighted by Gasteiger charge is 2.25. The van der Waals surface area contributed by atoms with Gasteiger partial charge >= 0.3 is 0 Å². The van der Waals surface area contributed by atoms with Gasteiger partial charge in [-0.05, 0) is 63.5 Å². The molecule has 0 amide bonds. The summed E-state index contributed by atoms with van der Waals surface area (Å²) in [6.07, 6.45) is 5.56. The highest BCUT2D eigenvalue weighted by atomic mass is 16.3. The maximum Gasteiger partial charge on any atom is 0.191 e. The van der Waals surface area contributed by atoms with Gasteiger partial charge in [0.2, 0.25) is 0 Å². The van der Waals surface area contributed by atoms with Crippen molar-refractivity contribution in [1.82, 2.24) is 15.5 Å². The lowest BCUT2D eigenvalue weighted by molar-refractivity contribution is 0.175. The van der Waals surface area contributed by atoms with Crippen molar-refractivity contribution in [3.05, 3.63) is 0 Å². The molecule has 1 atom stereocenters. The van der Waals surface area contributed by atoms with Gasteiger partial charge in [-0.1, -0.05) is 20.8 Å². The highest BCUT2D eigenvalue weighted by molar-refractivity contribution is 5.79. The Kier molecular flexibility index (Phi) is 10.3. The number of rotatable bonds is 10. The average molecular weight is 341 g/mol. The van der Waals surface area contributed by atoms with Crippen LogP contribution in [-0.2, 0) is 0 Å². The molecule has 1 heterocycles. The monoisotopic (exact) mass is 340 g/mol. The summed E-state index contributed by atoms with van der Waals surface area (Å²) < 4.78 is 0. The number of nitrogens with zero attached hydrogens (tertiary/aromatic N) is 2. The third-order valence-electron chi connectivity index (χ3n) is 5.67. The zero-order chi connectivity index (χ0) is 17.8. The molecule has 1 saturated heterocycles. The van der Waals surface area contributed by atoms with Crippen LogP contribution in [0.3, 0.4) is 0 Å². The normalized spacial score (nSPS) is 20.2. The maximum absolute atomic E-state index is 9.37. The maximum atomic E-state index is 9.37. The van der Waals surface area contributed by atoms with Crippen molar-refractivity contribution in [2.75, 3.05) is 45.9 Å². The van der Waals surface area contributed by atoms with Crippen molar-refractivity contribution in [1.29, 1.82) is 0 Å². The smallest absolute Gasteiger partial charge is 0.191 e. The molecule has 1 rings (SSSR count). The minimum atomic E-state index is 0.126. The molecule has 1 aliphatic heterocycles. The Morgan fingerprint density at radius 1 is 1.21 bits per heavy atom. The number of guanidine groups is 1. The van der Waals surface area contributed by atoms with Crippen molar-refractivity contribution < 1.29 is 5.11 Å². The summed E-state index contributed by atoms with van der Waals surface area (Å²) in [5.74, 6) is 1.64. The fraction of sp³-hybridized carbons (Fsp3) is 0.947. The molecule has 5 heteroatoms. The van der Waals surface area contributed by atoms with E-state index in [9.17, 15) is 5.11 Å². The Bertz CT molecular complexity index is 355. The molecule has 142 valence electrons. The second-order valence-electron chi connectivity index (χ2n) is 7.16. The lowest BCUT2D eigenvalue weighted by Crippen LogP contribution is -2.44. The van der Waals surface area contributed by atoms with Crippen LogP contribution in [0.15, 0.2) is 4.99 Å². The zero-order valence-electron chi connectivity index (χ0n) is 16.4. The molecule has 1 fully saturated rings. The van der Waals surface area contributed by atoms with Crippen LogP contribution in [0.2, 0.25) is 0 Å². The molecule has 5 nitrogen and oxygen atoms in total. The number of nitrogens with one attached hydrogen (secondary N) is 2. The van der Waals surface area contributed by atoms with E-state index in [1.165, 1.54) is 25.9 Å². The van der Waals surface area contributed by atoms with Gasteiger partial charge in [0.25, 0.3) is 0 Å². The van der Waals surface area contributed by atoms with Crippen LogP contribution >= 0.6 is 0 Å². The van der Waals surface area contributed by atoms with Crippen LogP contribution in [0.25, 0.3) is 0 Å². The summed E-state index contributed by atoms with van der Waals surface area (Å²) in [7, 11) is 0. The molecule has 0 spiro atoms. The van der Waals surface area contributed by atoms with E-state index in [1.54, 1.807) is 0 Å². The van der Waals surface area contributed by atoms with Gasteiger partial charge in [-0.25, -0.2) is 0 Å². The number of hydrogen-bond acceptors (Lipinski definition) is 3. The summed E-state index contributed by atoms with van der Waals surface area (Å²) in [4.78, 5) is 7.38. The molecule has 24 heavy (non-hydrogen) atoms. The Hall–Kier alpha value is -0.810. The fourth-order valence-electron chi connectivity index (χ4n) is 3.58. The van der Waals surface area contributed by atoms with Crippen LogP contribution < -0.4 is 10.6 Å². The van der Waals surface area contributed by atoms with Gasteiger partial charge in [-0.2, -0.15) is 0 Å². The second kappa shape index (κ2) is 11.7. The SMILES string of the molecule is CCNC(=NCC(CC)(CC)CCO)NCC1CCCN(CC)C1. The van der Waals surface area contributed by atoms with E-state index >= 15 is 0 Å². The molecule has 0 aliphatic carbocycles. The van der Waals surface area contributed by atoms with E-state index in [-0.39, 0.29) is 12.0 Å². The summed E-state index contributed by atoms with van der Waals surface area (Å²) >= 11 is 0. The molecule has 0 aromatic carbocycles. The van der Waals surface area contributed by atoms with Gasteiger partial charge in [0.1, 0.15) is 0 Å². The first-order valence-corrected chi connectivity index (χ1v) is 9.98. The summed E-state index contributed by atoms with van der Waals surface area (Å²) in [5.41, 5.74) is 0.126. The van der Waals surface area contributed by atoms with Crippen LogP contribution in [0.1, 0.15) is 59.8 Å². The number of piperidine rings is 1. The van der Waals surface area contributed by atoms with Crippen LogP contribution in [0.4, 0.5) is 0 Å². The third-order valence-corrected chi connectivity index (χ3v) is 5.67.